The van der Waals surface area contributed by atoms with Gasteiger partial charge in [0, 0.05) is 40.3 Å². The number of hydrogen-bond donors (Lipinski definition) is 2. The van der Waals surface area contributed by atoms with Crippen molar-refractivity contribution in [3.8, 4) is 23.8 Å². The Kier molecular flexibility index (Phi) is 6.72. The summed E-state index contributed by atoms with van der Waals surface area (Å²) >= 11 is 12.9. The third kappa shape index (κ3) is 4.34. The minimum Gasteiger partial charge on any atom is -0.453 e. The Morgan fingerprint density at radius 2 is 1.95 bits per heavy atom. The van der Waals surface area contributed by atoms with E-state index in [-0.39, 0.29) is 24.2 Å². The number of benzene rings is 2. The minimum absolute atomic E-state index is 0.136. The zero-order valence-corrected chi connectivity index (χ0v) is 24.3. The van der Waals surface area contributed by atoms with Gasteiger partial charge in [-0.25, -0.2) is 0 Å². The van der Waals surface area contributed by atoms with Gasteiger partial charge in [-0.3, -0.25) is 14.3 Å². The van der Waals surface area contributed by atoms with Crippen molar-refractivity contribution in [2.45, 2.75) is 38.1 Å². The highest BCUT2D eigenvalue weighted by atomic mass is 35.5. The van der Waals surface area contributed by atoms with Crippen molar-refractivity contribution in [3.05, 3.63) is 92.8 Å². The van der Waals surface area contributed by atoms with Crippen molar-refractivity contribution in [3.63, 3.8) is 0 Å². The number of aryl methyl sites for hydroxylation is 2. The SMILES string of the molecule is C#Cc1ccc(Oc2c(C)nn(C)c2C)c([C@@H]2NC(=O)C[C@@H](C3C=CC=C(Cl)C3)[C@]23C(=O)Nc2cc(Cl)ccc23)c1. The van der Waals surface area contributed by atoms with Crippen molar-refractivity contribution in [2.75, 3.05) is 5.32 Å². The van der Waals surface area contributed by atoms with Crippen LogP contribution in [0.25, 0.3) is 0 Å². The van der Waals surface area contributed by atoms with Crippen molar-refractivity contribution in [1.29, 1.82) is 0 Å². The summed E-state index contributed by atoms with van der Waals surface area (Å²) in [5.74, 6) is 2.77. The van der Waals surface area contributed by atoms with Gasteiger partial charge in [0.15, 0.2) is 5.75 Å². The number of carbonyl (C=O) groups is 2. The molecule has 3 aliphatic rings. The molecule has 0 radical (unpaired) electrons. The topological polar surface area (TPSA) is 85.2 Å². The van der Waals surface area contributed by atoms with E-state index in [0.29, 0.717) is 50.5 Å². The second-order valence-corrected chi connectivity index (χ2v) is 11.7. The fraction of sp³-hybridized carbons (Fsp3) is 0.281. The molecule has 6 rings (SSSR count). The quantitative estimate of drug-likeness (QED) is 0.355. The summed E-state index contributed by atoms with van der Waals surface area (Å²) in [4.78, 5) is 27.9. The Bertz CT molecular complexity index is 1720. The number of anilines is 1. The van der Waals surface area contributed by atoms with Gasteiger partial charge >= 0.3 is 0 Å². The maximum Gasteiger partial charge on any atom is 0.237 e. The van der Waals surface area contributed by atoms with Gasteiger partial charge in [0.1, 0.15) is 16.9 Å². The van der Waals surface area contributed by atoms with E-state index >= 15 is 0 Å². The number of nitrogens with one attached hydrogen (secondary N) is 2. The smallest absolute Gasteiger partial charge is 0.237 e. The van der Waals surface area contributed by atoms with Crippen molar-refractivity contribution in [2.24, 2.45) is 18.9 Å². The molecule has 9 heteroatoms. The van der Waals surface area contributed by atoms with Crippen LogP contribution in [0.15, 0.2) is 59.7 Å². The summed E-state index contributed by atoms with van der Waals surface area (Å²) < 4.78 is 8.27. The number of amides is 2. The van der Waals surface area contributed by atoms with Crippen LogP contribution in [0.3, 0.4) is 0 Å². The highest BCUT2D eigenvalue weighted by Gasteiger charge is 2.62. The standard InChI is InChI=1S/C32H28Cl2N4O3/c1-5-19-9-12-27(41-29-17(2)37-38(4)18(29)3)23(13-19)30-32(24-11-10-22(34)15-26(24)35-31(32)40)25(16-28(39)36-30)20-7-6-8-21(33)14-20/h1,6-13,15,20,25,30H,14,16H2,2-4H3,(H,35,40)(H,36,39)/t20?,25-,30-,32-/m0/s1. The molecule has 2 aromatic carbocycles. The van der Waals surface area contributed by atoms with Crippen molar-refractivity contribution < 1.29 is 14.3 Å². The first-order valence-corrected chi connectivity index (χ1v) is 14.1. The lowest BCUT2D eigenvalue weighted by atomic mass is 9.57. The molecule has 4 atom stereocenters. The van der Waals surface area contributed by atoms with E-state index in [1.807, 2.05) is 51.3 Å². The molecule has 1 fully saturated rings. The molecular formula is C32H28Cl2N4O3. The van der Waals surface area contributed by atoms with Crippen LogP contribution in [0.1, 0.15) is 47.0 Å². The van der Waals surface area contributed by atoms with Gasteiger partial charge in [0.05, 0.1) is 11.7 Å². The van der Waals surface area contributed by atoms with Gasteiger partial charge in [-0.05, 0) is 74.1 Å². The lowest BCUT2D eigenvalue weighted by Crippen LogP contribution is -2.59. The Morgan fingerprint density at radius 1 is 1.15 bits per heavy atom. The predicted octanol–water partition coefficient (Wildman–Crippen LogP) is 6.23. The number of piperidine rings is 1. The number of nitrogens with zero attached hydrogens (tertiary/aromatic N) is 2. The zero-order chi connectivity index (χ0) is 29.1. The monoisotopic (exact) mass is 586 g/mol. The number of terminal acetylenes is 1. The number of hydrogen-bond acceptors (Lipinski definition) is 4. The molecule has 1 unspecified atom stereocenters. The van der Waals surface area contributed by atoms with Crippen LogP contribution in [0.4, 0.5) is 5.69 Å². The molecule has 1 spiro atoms. The maximum absolute atomic E-state index is 14.4. The zero-order valence-electron chi connectivity index (χ0n) is 22.8. The molecule has 1 saturated heterocycles. The Morgan fingerprint density at radius 3 is 2.66 bits per heavy atom. The first kappa shape index (κ1) is 27.2. The second kappa shape index (κ2) is 10.1. The molecule has 2 N–H and O–H groups in total. The van der Waals surface area contributed by atoms with E-state index in [2.05, 4.69) is 21.7 Å². The van der Waals surface area contributed by atoms with Crippen LogP contribution in [0.5, 0.6) is 11.5 Å². The van der Waals surface area contributed by atoms with Crippen LogP contribution in [-0.4, -0.2) is 21.6 Å². The third-order valence-electron chi connectivity index (χ3n) is 8.53. The van der Waals surface area contributed by atoms with E-state index < -0.39 is 17.4 Å². The Labute approximate surface area is 248 Å². The highest BCUT2D eigenvalue weighted by molar-refractivity contribution is 6.31. The number of halogens is 2. The third-order valence-corrected chi connectivity index (χ3v) is 9.04. The molecule has 2 aliphatic heterocycles. The average molecular weight is 588 g/mol. The van der Waals surface area contributed by atoms with E-state index in [1.165, 1.54) is 0 Å². The lowest BCUT2D eigenvalue weighted by Gasteiger charge is -2.49. The van der Waals surface area contributed by atoms with Crippen molar-refractivity contribution in [1.82, 2.24) is 15.1 Å². The molecule has 41 heavy (non-hydrogen) atoms. The summed E-state index contributed by atoms with van der Waals surface area (Å²) in [5.41, 5.74) is 2.90. The summed E-state index contributed by atoms with van der Waals surface area (Å²) in [6.07, 6.45) is 12.3. The van der Waals surface area contributed by atoms with Gasteiger partial charge < -0.3 is 15.4 Å². The lowest BCUT2D eigenvalue weighted by molar-refractivity contribution is -0.135. The Hall–Kier alpha value is -3.99. The van der Waals surface area contributed by atoms with Crippen molar-refractivity contribution >= 4 is 40.7 Å². The van der Waals surface area contributed by atoms with E-state index in [4.69, 9.17) is 34.4 Å². The van der Waals surface area contributed by atoms with E-state index in [0.717, 1.165) is 11.3 Å². The highest BCUT2D eigenvalue weighted by Crippen LogP contribution is 2.58. The Balaban J connectivity index is 1.60. The molecular weight excluding hydrogens is 559 g/mol. The summed E-state index contributed by atoms with van der Waals surface area (Å²) in [7, 11) is 1.85. The van der Waals surface area contributed by atoms with Crippen LogP contribution in [0, 0.1) is 38.0 Å². The molecule has 3 heterocycles. The number of aromatic nitrogens is 2. The maximum atomic E-state index is 14.4. The van der Waals surface area contributed by atoms with Crippen LogP contribution >= 0.6 is 23.2 Å². The van der Waals surface area contributed by atoms with Crippen LogP contribution < -0.4 is 15.4 Å². The largest absolute Gasteiger partial charge is 0.453 e. The average Bonchev–Trinajstić information content (AvgIpc) is 3.36. The fourth-order valence-corrected chi connectivity index (χ4v) is 7.04. The fourth-order valence-electron chi connectivity index (χ4n) is 6.61. The molecule has 0 bridgehead atoms. The first-order valence-electron chi connectivity index (χ1n) is 13.4. The number of allylic oxidation sites excluding steroid dienone is 4. The van der Waals surface area contributed by atoms with Gasteiger partial charge in [-0.2, -0.15) is 5.10 Å². The number of rotatable bonds is 4. The summed E-state index contributed by atoms with van der Waals surface area (Å²) in [6, 6.07) is 9.97. The molecule has 7 nitrogen and oxygen atoms in total. The van der Waals surface area contributed by atoms with Gasteiger partial charge in [-0.1, -0.05) is 47.3 Å². The molecule has 3 aromatic rings. The normalized spacial score (nSPS) is 24.9. The predicted molar refractivity (Wildman–Crippen MR) is 159 cm³/mol. The van der Waals surface area contributed by atoms with Crippen LogP contribution in [-0.2, 0) is 22.1 Å². The summed E-state index contributed by atoms with van der Waals surface area (Å²) in [6.45, 7) is 3.79. The molecule has 0 saturated carbocycles. The van der Waals surface area contributed by atoms with E-state index in [9.17, 15) is 9.59 Å². The van der Waals surface area contributed by atoms with Gasteiger partial charge in [-0.15, -0.1) is 6.42 Å². The minimum atomic E-state index is -1.21. The number of fused-ring (bicyclic) bond motifs is 2. The first-order chi connectivity index (χ1) is 19.6. The molecule has 208 valence electrons. The number of carbonyl (C=O) groups excluding carboxylic acids is 2. The molecule has 1 aromatic heterocycles. The van der Waals surface area contributed by atoms with E-state index in [1.54, 1.807) is 28.9 Å². The molecule has 2 amide bonds. The number of ether oxygens (including phenoxy) is 1. The second-order valence-electron chi connectivity index (χ2n) is 10.8. The molecule has 1 aliphatic carbocycles. The van der Waals surface area contributed by atoms with Gasteiger partial charge in [0.25, 0.3) is 0 Å². The van der Waals surface area contributed by atoms with Gasteiger partial charge in [0.2, 0.25) is 11.8 Å². The summed E-state index contributed by atoms with van der Waals surface area (Å²) in [5, 5.41) is 11.9. The van der Waals surface area contributed by atoms with Crippen LogP contribution in [0.2, 0.25) is 5.02 Å².